The van der Waals surface area contributed by atoms with Gasteiger partial charge in [0.25, 0.3) is 5.91 Å². The molecular weight excluding hydrogens is 471 g/mol. The molecule has 10 heteroatoms. The van der Waals surface area contributed by atoms with Gasteiger partial charge in [0, 0.05) is 30.4 Å². The molecule has 2 aromatic carbocycles. The van der Waals surface area contributed by atoms with Gasteiger partial charge in [-0.05, 0) is 73.2 Å². The molecule has 3 heterocycles. The van der Waals surface area contributed by atoms with Crippen LogP contribution in [0.15, 0.2) is 71.8 Å². The zero-order chi connectivity index (χ0) is 24.6. The zero-order valence-electron chi connectivity index (χ0n) is 18.9. The Morgan fingerprint density at radius 2 is 1.71 bits per heavy atom. The first kappa shape index (κ1) is 23.2. The van der Waals surface area contributed by atoms with Gasteiger partial charge >= 0.3 is 0 Å². The molecule has 180 valence electrons. The number of nitrogens with zero attached hydrogens (tertiary/aromatic N) is 3. The van der Waals surface area contributed by atoms with E-state index < -0.39 is 15.9 Å². The van der Waals surface area contributed by atoms with Crippen molar-refractivity contribution >= 4 is 27.4 Å². The molecule has 1 aliphatic rings. The van der Waals surface area contributed by atoms with Crippen molar-refractivity contribution in [3.05, 3.63) is 83.8 Å². The number of hydrogen-bond acceptors (Lipinski definition) is 5. The van der Waals surface area contributed by atoms with Crippen molar-refractivity contribution in [3.63, 3.8) is 0 Å². The van der Waals surface area contributed by atoms with Gasteiger partial charge in [-0.3, -0.25) is 9.20 Å². The summed E-state index contributed by atoms with van der Waals surface area (Å²) < 4.78 is 47.5. The molecule has 0 spiro atoms. The Hall–Kier alpha value is -3.60. The Morgan fingerprint density at radius 3 is 2.40 bits per heavy atom. The van der Waals surface area contributed by atoms with E-state index in [1.54, 1.807) is 22.7 Å². The lowest BCUT2D eigenvalue weighted by molar-refractivity contribution is 0.0730. The van der Waals surface area contributed by atoms with Crippen molar-refractivity contribution in [2.75, 3.05) is 31.6 Å². The fourth-order valence-electron chi connectivity index (χ4n) is 3.97. The van der Waals surface area contributed by atoms with Crippen molar-refractivity contribution in [3.8, 4) is 11.3 Å². The van der Waals surface area contributed by atoms with E-state index in [1.807, 2.05) is 19.1 Å². The normalized spacial score (nSPS) is 14.8. The Kier molecular flexibility index (Phi) is 6.10. The van der Waals surface area contributed by atoms with Crippen molar-refractivity contribution in [1.29, 1.82) is 0 Å². The second-order valence-corrected chi connectivity index (χ2v) is 10.2. The van der Waals surface area contributed by atoms with Gasteiger partial charge in [-0.15, -0.1) is 0 Å². The maximum absolute atomic E-state index is 13.5. The predicted octanol–water partition coefficient (Wildman–Crippen LogP) is 3.72. The van der Waals surface area contributed by atoms with E-state index in [9.17, 15) is 17.6 Å². The highest BCUT2D eigenvalue weighted by Gasteiger charge is 2.26. The molecule has 1 amide bonds. The van der Waals surface area contributed by atoms with E-state index in [-0.39, 0.29) is 16.3 Å². The fraction of sp³-hybridized carbons (Fsp3) is 0.200. The molecular formula is C25H23FN4O4S. The van der Waals surface area contributed by atoms with Crippen LogP contribution in [0, 0.1) is 12.7 Å². The molecule has 0 aliphatic carbocycles. The van der Waals surface area contributed by atoms with Crippen molar-refractivity contribution in [1.82, 2.24) is 13.7 Å². The van der Waals surface area contributed by atoms with Gasteiger partial charge in [0.2, 0.25) is 10.0 Å². The number of aromatic nitrogens is 2. The van der Waals surface area contributed by atoms with Gasteiger partial charge in [-0.25, -0.2) is 17.8 Å². The van der Waals surface area contributed by atoms with Crippen LogP contribution < -0.4 is 5.32 Å². The molecule has 0 bridgehead atoms. The first-order chi connectivity index (χ1) is 16.8. The largest absolute Gasteiger partial charge is 0.379 e. The average Bonchev–Trinajstić information content (AvgIpc) is 3.22. The number of nitrogens with one attached hydrogen (secondary N) is 1. The van der Waals surface area contributed by atoms with Crippen molar-refractivity contribution in [2.45, 2.75) is 11.8 Å². The van der Waals surface area contributed by atoms with Crippen LogP contribution in [0.3, 0.4) is 0 Å². The molecule has 4 aromatic rings. The lowest BCUT2D eigenvalue weighted by atomic mass is 10.1. The summed E-state index contributed by atoms with van der Waals surface area (Å²) in [5.74, 6) is -0.362. The highest BCUT2D eigenvalue weighted by Crippen LogP contribution is 2.30. The molecule has 35 heavy (non-hydrogen) atoms. The average molecular weight is 495 g/mol. The Balaban J connectivity index is 1.45. The summed E-state index contributed by atoms with van der Waals surface area (Å²) in [5.41, 5.74) is 3.07. The minimum Gasteiger partial charge on any atom is -0.379 e. The number of fused-ring (bicyclic) bond motifs is 1. The highest BCUT2D eigenvalue weighted by atomic mass is 32.2. The molecule has 8 nitrogen and oxygen atoms in total. The molecule has 1 saturated heterocycles. The number of aryl methyl sites for hydroxylation is 1. The number of amides is 1. The third-order valence-corrected chi connectivity index (χ3v) is 7.77. The number of benzene rings is 2. The number of halogens is 1. The number of morpholine rings is 1. The van der Waals surface area contributed by atoms with E-state index in [2.05, 4.69) is 10.3 Å². The number of hydrogen-bond donors (Lipinski definition) is 1. The number of carbonyl (C=O) groups is 1. The van der Waals surface area contributed by atoms with Gasteiger partial charge in [0.1, 0.15) is 23.0 Å². The highest BCUT2D eigenvalue weighted by molar-refractivity contribution is 7.89. The molecule has 1 N–H and O–H groups in total. The van der Waals surface area contributed by atoms with Crippen LogP contribution in [-0.2, 0) is 14.8 Å². The van der Waals surface area contributed by atoms with Gasteiger partial charge in [-0.1, -0.05) is 0 Å². The summed E-state index contributed by atoms with van der Waals surface area (Å²) in [6.07, 6.45) is 1.80. The second-order valence-electron chi connectivity index (χ2n) is 8.24. The standard InChI is InChI=1S/C25H23FN4O4S/c1-17-10-11-30-22(16-17)27-23(18-2-6-20(26)7-3-18)24(30)28-25(31)19-4-8-21(9-5-19)35(32,33)29-12-14-34-15-13-29/h2-11,16H,12-15H2,1H3,(H,28,31). The Morgan fingerprint density at radius 1 is 1.03 bits per heavy atom. The van der Waals surface area contributed by atoms with Gasteiger partial charge in [-0.2, -0.15) is 4.31 Å². The molecule has 0 unspecified atom stereocenters. The summed E-state index contributed by atoms with van der Waals surface area (Å²) >= 11 is 0. The van der Waals surface area contributed by atoms with Crippen molar-refractivity contribution in [2.24, 2.45) is 0 Å². The van der Waals surface area contributed by atoms with Crippen LogP contribution in [0.25, 0.3) is 16.9 Å². The summed E-state index contributed by atoms with van der Waals surface area (Å²) in [6.45, 7) is 3.25. The summed E-state index contributed by atoms with van der Waals surface area (Å²) in [7, 11) is -3.66. The Labute approximate surface area is 202 Å². The lowest BCUT2D eigenvalue weighted by Crippen LogP contribution is -2.40. The van der Waals surface area contributed by atoms with E-state index >= 15 is 0 Å². The maximum atomic E-state index is 13.5. The maximum Gasteiger partial charge on any atom is 0.256 e. The monoisotopic (exact) mass is 494 g/mol. The number of sulfonamides is 1. The van der Waals surface area contributed by atoms with E-state index in [0.29, 0.717) is 49.0 Å². The minimum absolute atomic E-state index is 0.119. The van der Waals surface area contributed by atoms with E-state index in [1.165, 1.54) is 40.7 Å². The summed E-state index contributed by atoms with van der Waals surface area (Å²) in [5, 5.41) is 2.90. The van der Waals surface area contributed by atoms with Crippen LogP contribution in [0.4, 0.5) is 10.2 Å². The Bertz CT molecular complexity index is 1490. The topological polar surface area (TPSA) is 93.0 Å². The first-order valence-electron chi connectivity index (χ1n) is 11.1. The number of pyridine rings is 1. The molecule has 0 radical (unpaired) electrons. The third-order valence-electron chi connectivity index (χ3n) is 5.86. The van der Waals surface area contributed by atoms with Crippen LogP contribution in [-0.4, -0.2) is 54.3 Å². The molecule has 2 aromatic heterocycles. The third kappa shape index (κ3) is 4.55. The fourth-order valence-corrected chi connectivity index (χ4v) is 5.38. The van der Waals surface area contributed by atoms with Gasteiger partial charge < -0.3 is 10.1 Å². The lowest BCUT2D eigenvalue weighted by Gasteiger charge is -2.26. The molecule has 1 fully saturated rings. The predicted molar refractivity (Wildman–Crippen MR) is 129 cm³/mol. The minimum atomic E-state index is -3.66. The number of ether oxygens (including phenoxy) is 1. The SMILES string of the molecule is Cc1ccn2c(NC(=O)c3ccc(S(=O)(=O)N4CCOCC4)cc3)c(-c3ccc(F)cc3)nc2c1. The van der Waals surface area contributed by atoms with Crippen molar-refractivity contribution < 1.29 is 22.3 Å². The quantitative estimate of drug-likeness (QED) is 0.457. The van der Waals surface area contributed by atoms with Crippen LogP contribution in [0.2, 0.25) is 0 Å². The van der Waals surface area contributed by atoms with Gasteiger partial charge in [0.05, 0.1) is 18.1 Å². The number of carbonyl (C=O) groups excluding carboxylic acids is 1. The summed E-state index contributed by atoms with van der Waals surface area (Å²) in [4.78, 5) is 17.9. The van der Waals surface area contributed by atoms with Crippen LogP contribution in [0.5, 0.6) is 0 Å². The second kappa shape index (κ2) is 9.21. The smallest absolute Gasteiger partial charge is 0.256 e. The van der Waals surface area contributed by atoms with E-state index in [4.69, 9.17) is 4.74 Å². The molecule has 0 atom stereocenters. The molecule has 5 rings (SSSR count). The molecule has 1 aliphatic heterocycles. The number of rotatable bonds is 5. The van der Waals surface area contributed by atoms with Crippen LogP contribution >= 0.6 is 0 Å². The molecule has 0 saturated carbocycles. The van der Waals surface area contributed by atoms with E-state index in [0.717, 1.165) is 5.56 Å². The zero-order valence-corrected chi connectivity index (χ0v) is 19.8. The number of imidazole rings is 1. The first-order valence-corrected chi connectivity index (χ1v) is 12.5. The number of anilines is 1. The van der Waals surface area contributed by atoms with Gasteiger partial charge in [0.15, 0.2) is 0 Å². The summed E-state index contributed by atoms with van der Waals surface area (Å²) in [6, 6.07) is 15.5. The van der Waals surface area contributed by atoms with Crippen LogP contribution in [0.1, 0.15) is 15.9 Å².